The van der Waals surface area contributed by atoms with Crippen LogP contribution in [0, 0.1) is 11.8 Å². The molecule has 0 aromatic heterocycles. The maximum Gasteiger partial charge on any atom is 0.490 e. The van der Waals surface area contributed by atoms with E-state index in [1.54, 1.807) is 0 Å². The summed E-state index contributed by atoms with van der Waals surface area (Å²) in [5, 5.41) is 0. The molecule has 2 fully saturated rings. The van der Waals surface area contributed by atoms with Gasteiger partial charge in [-0.2, -0.15) is 0 Å². The molecule has 3 rings (SSSR count). The second-order valence-corrected chi connectivity index (χ2v) is 9.34. The number of hydrogen-bond acceptors (Lipinski definition) is 4. The number of hydrogen-bond donors (Lipinski definition) is 0. The molecule has 1 amide bonds. The molecule has 0 aromatic rings. The molecule has 0 unspecified atom stereocenters. The third kappa shape index (κ3) is 3.23. The van der Waals surface area contributed by atoms with Crippen molar-refractivity contribution in [2.45, 2.75) is 71.7 Å². The minimum Gasteiger partial charge on any atom is -0.444 e. The fourth-order valence-corrected chi connectivity index (χ4v) is 3.59. The third-order valence-electron chi connectivity index (χ3n) is 5.63. The minimum absolute atomic E-state index is 0.206. The van der Waals surface area contributed by atoms with E-state index in [4.69, 9.17) is 14.0 Å². The van der Waals surface area contributed by atoms with Crippen molar-refractivity contribution >= 4 is 13.2 Å². The van der Waals surface area contributed by atoms with Crippen LogP contribution in [0.1, 0.15) is 54.9 Å². The first-order chi connectivity index (χ1) is 10.9. The number of likely N-dealkylation sites (tertiary alicyclic amines) is 1. The van der Waals surface area contributed by atoms with E-state index in [0.29, 0.717) is 11.8 Å². The molecule has 2 aliphatic heterocycles. The average Bonchev–Trinajstić information content (AvgIpc) is 2.97. The van der Waals surface area contributed by atoms with Gasteiger partial charge in [0.15, 0.2) is 0 Å². The second kappa shape index (κ2) is 5.50. The largest absolute Gasteiger partial charge is 0.490 e. The van der Waals surface area contributed by atoms with Crippen molar-refractivity contribution in [2.75, 3.05) is 13.1 Å². The number of carbonyl (C=O) groups is 1. The Morgan fingerprint density at radius 3 is 2.29 bits per heavy atom. The molecule has 0 bridgehead atoms. The lowest BCUT2D eigenvalue weighted by Gasteiger charge is -2.32. The SMILES string of the molecule is CC(C)(C)OC(=O)N1C[C@H]2CC(B3OC(C)(C)C(C)(C)O3)=C[C@H]2C1. The molecule has 0 radical (unpaired) electrons. The van der Waals surface area contributed by atoms with Gasteiger partial charge in [-0.3, -0.25) is 0 Å². The Kier molecular flexibility index (Phi) is 4.08. The summed E-state index contributed by atoms with van der Waals surface area (Å²) in [5.74, 6) is 0.832. The topological polar surface area (TPSA) is 48.0 Å². The molecule has 0 saturated carbocycles. The summed E-state index contributed by atoms with van der Waals surface area (Å²) in [6, 6.07) is 0. The highest BCUT2D eigenvalue weighted by molar-refractivity contribution is 6.54. The number of ether oxygens (including phenoxy) is 1. The summed E-state index contributed by atoms with van der Waals surface area (Å²) in [5.41, 5.74) is 0.170. The lowest BCUT2D eigenvalue weighted by Crippen LogP contribution is -2.41. The van der Waals surface area contributed by atoms with Gasteiger partial charge in [0.2, 0.25) is 0 Å². The van der Waals surface area contributed by atoms with Crippen LogP contribution >= 0.6 is 0 Å². The van der Waals surface area contributed by atoms with E-state index >= 15 is 0 Å². The normalized spacial score (nSPS) is 31.2. The van der Waals surface area contributed by atoms with Gasteiger partial charge in [-0.05, 0) is 72.2 Å². The monoisotopic (exact) mass is 335 g/mol. The predicted molar refractivity (Wildman–Crippen MR) is 93.6 cm³/mol. The summed E-state index contributed by atoms with van der Waals surface area (Å²) in [6.45, 7) is 15.5. The molecule has 0 spiro atoms. The Balaban J connectivity index is 1.62. The number of fused-ring (bicyclic) bond motifs is 1. The first-order valence-electron chi connectivity index (χ1n) is 8.92. The summed E-state index contributed by atoms with van der Waals surface area (Å²) in [6.07, 6.45) is 2.99. The van der Waals surface area contributed by atoms with Crippen molar-refractivity contribution in [3.63, 3.8) is 0 Å². The van der Waals surface area contributed by atoms with Crippen molar-refractivity contribution in [1.29, 1.82) is 0 Å². The zero-order valence-corrected chi connectivity index (χ0v) is 16.0. The van der Waals surface area contributed by atoms with Crippen molar-refractivity contribution in [2.24, 2.45) is 11.8 Å². The molecule has 1 aliphatic carbocycles. The van der Waals surface area contributed by atoms with Gasteiger partial charge in [0.05, 0.1) is 11.2 Å². The van der Waals surface area contributed by atoms with Crippen LogP contribution in [0.5, 0.6) is 0 Å². The Labute approximate surface area is 145 Å². The average molecular weight is 335 g/mol. The number of rotatable bonds is 1. The van der Waals surface area contributed by atoms with E-state index in [-0.39, 0.29) is 24.4 Å². The van der Waals surface area contributed by atoms with Gasteiger partial charge in [-0.25, -0.2) is 4.79 Å². The molecule has 24 heavy (non-hydrogen) atoms. The highest BCUT2D eigenvalue weighted by Crippen LogP contribution is 2.44. The molecule has 134 valence electrons. The highest BCUT2D eigenvalue weighted by Gasteiger charge is 2.54. The van der Waals surface area contributed by atoms with Gasteiger partial charge in [-0.15, -0.1) is 0 Å². The smallest absolute Gasteiger partial charge is 0.444 e. The maximum absolute atomic E-state index is 12.2. The molecule has 2 saturated heterocycles. The van der Waals surface area contributed by atoms with E-state index in [9.17, 15) is 4.79 Å². The van der Waals surface area contributed by atoms with E-state index < -0.39 is 5.60 Å². The first kappa shape index (κ1) is 17.8. The van der Waals surface area contributed by atoms with Crippen LogP contribution in [0.4, 0.5) is 4.79 Å². The van der Waals surface area contributed by atoms with Gasteiger partial charge >= 0.3 is 13.2 Å². The van der Waals surface area contributed by atoms with E-state index in [1.165, 1.54) is 5.47 Å². The lowest BCUT2D eigenvalue weighted by atomic mass is 9.77. The van der Waals surface area contributed by atoms with E-state index in [0.717, 1.165) is 19.5 Å². The first-order valence-corrected chi connectivity index (χ1v) is 8.92. The van der Waals surface area contributed by atoms with Gasteiger partial charge < -0.3 is 18.9 Å². The zero-order valence-electron chi connectivity index (χ0n) is 16.0. The van der Waals surface area contributed by atoms with Crippen molar-refractivity contribution in [3.8, 4) is 0 Å². The summed E-state index contributed by atoms with van der Waals surface area (Å²) >= 11 is 0. The molecule has 6 heteroatoms. The van der Waals surface area contributed by atoms with Crippen LogP contribution in [-0.4, -0.2) is 48.0 Å². The lowest BCUT2D eigenvalue weighted by molar-refractivity contribution is 0.00578. The minimum atomic E-state index is -0.446. The molecule has 3 aliphatic rings. The summed E-state index contributed by atoms with van der Waals surface area (Å²) in [4.78, 5) is 14.1. The quantitative estimate of drug-likeness (QED) is 0.689. The Hall–Kier alpha value is -1.01. The van der Waals surface area contributed by atoms with Crippen LogP contribution < -0.4 is 0 Å². The van der Waals surface area contributed by atoms with Crippen LogP contribution in [-0.2, 0) is 14.0 Å². The van der Waals surface area contributed by atoms with Gasteiger partial charge in [0.1, 0.15) is 5.60 Å². The van der Waals surface area contributed by atoms with E-state index in [1.807, 2.05) is 25.7 Å². The van der Waals surface area contributed by atoms with Crippen LogP contribution in [0.2, 0.25) is 0 Å². The number of carbonyl (C=O) groups excluding carboxylic acids is 1. The molecule has 5 nitrogen and oxygen atoms in total. The van der Waals surface area contributed by atoms with Crippen molar-refractivity contribution in [3.05, 3.63) is 11.5 Å². The zero-order chi connectivity index (χ0) is 17.9. The molecular weight excluding hydrogens is 305 g/mol. The molecule has 0 N–H and O–H groups in total. The standard InChI is InChI=1S/C18H30BNO4/c1-16(2,3)22-15(21)20-10-12-8-14(9-13(12)11-20)19-23-17(4,5)18(6,7)24-19/h8,12-13H,9-11H2,1-7H3/t12-,13+/m0/s1. The number of nitrogens with zero attached hydrogens (tertiary/aromatic N) is 1. The fraction of sp³-hybridized carbons (Fsp3) is 0.833. The number of amides is 1. The van der Waals surface area contributed by atoms with Gasteiger partial charge in [0.25, 0.3) is 0 Å². The summed E-state index contributed by atoms with van der Waals surface area (Å²) < 4.78 is 17.8. The van der Waals surface area contributed by atoms with Crippen molar-refractivity contribution in [1.82, 2.24) is 4.90 Å². The predicted octanol–water partition coefficient (Wildman–Crippen LogP) is 3.43. The second-order valence-electron chi connectivity index (χ2n) is 9.34. The Morgan fingerprint density at radius 1 is 1.21 bits per heavy atom. The van der Waals surface area contributed by atoms with Gasteiger partial charge in [0, 0.05) is 13.1 Å². The van der Waals surface area contributed by atoms with Crippen molar-refractivity contribution < 1.29 is 18.8 Å². The molecule has 2 heterocycles. The van der Waals surface area contributed by atoms with Crippen LogP contribution in [0.15, 0.2) is 11.5 Å². The third-order valence-corrected chi connectivity index (χ3v) is 5.63. The fourth-order valence-electron chi connectivity index (χ4n) is 3.59. The van der Waals surface area contributed by atoms with Crippen LogP contribution in [0.3, 0.4) is 0 Å². The Bertz CT molecular complexity index is 548. The summed E-state index contributed by atoms with van der Waals surface area (Å²) in [7, 11) is -0.254. The molecule has 0 aromatic carbocycles. The van der Waals surface area contributed by atoms with Gasteiger partial charge in [-0.1, -0.05) is 6.08 Å². The number of allylic oxidation sites excluding steroid dienone is 1. The van der Waals surface area contributed by atoms with Crippen LogP contribution in [0.25, 0.3) is 0 Å². The molecular formula is C18H30BNO4. The van der Waals surface area contributed by atoms with E-state index in [2.05, 4.69) is 33.8 Å². The molecule has 2 atom stereocenters. The maximum atomic E-state index is 12.2. The highest BCUT2D eigenvalue weighted by atomic mass is 16.7. The Morgan fingerprint density at radius 2 is 1.79 bits per heavy atom.